The second kappa shape index (κ2) is 9.26. The first-order chi connectivity index (χ1) is 13.3. The minimum Gasteiger partial charge on any atom is -0.485 e. The summed E-state index contributed by atoms with van der Waals surface area (Å²) in [7, 11) is 0. The molecule has 150 valence electrons. The Morgan fingerprint density at radius 1 is 1.14 bits per heavy atom. The van der Waals surface area contributed by atoms with Gasteiger partial charge in [-0.15, -0.1) is 0 Å². The number of benzene rings is 2. The Bertz CT molecular complexity index is 911. The number of amides is 1. The minimum atomic E-state index is -0.578. The van der Waals surface area contributed by atoms with E-state index in [1.807, 2.05) is 65.0 Å². The normalized spacial score (nSPS) is 10.8. The Labute approximate surface area is 165 Å². The van der Waals surface area contributed by atoms with Crippen molar-refractivity contribution < 1.29 is 18.7 Å². The van der Waals surface area contributed by atoms with Crippen molar-refractivity contribution in [2.24, 2.45) is 0 Å². The topological polar surface area (TPSA) is 73.6 Å². The number of nitrogens with zero attached hydrogens (tertiary/aromatic N) is 1. The van der Waals surface area contributed by atoms with Crippen LogP contribution in [0.25, 0.3) is 11.1 Å². The molecule has 28 heavy (non-hydrogen) atoms. The van der Waals surface area contributed by atoms with Crippen LogP contribution < -0.4 is 10.1 Å². The smallest absolute Gasteiger partial charge is 0.412 e. The average molecular weight is 384 g/mol. The van der Waals surface area contributed by atoms with Gasteiger partial charge in [-0.1, -0.05) is 44.2 Å². The highest BCUT2D eigenvalue weighted by molar-refractivity contribution is 5.91. The van der Waals surface area contributed by atoms with Crippen LogP contribution in [0.2, 0.25) is 0 Å². The first-order valence-corrected chi connectivity index (χ1v) is 9.38. The van der Waals surface area contributed by atoms with Gasteiger partial charge in [0.15, 0.2) is 17.2 Å². The number of aromatic nitrogens is 1. The number of nitrogens with one attached hydrogen (secondary N) is 1. The number of aryl methyl sites for hydroxylation is 1. The van der Waals surface area contributed by atoms with Gasteiger partial charge in [-0.05, 0) is 32.4 Å². The largest absolute Gasteiger partial charge is 0.485 e. The highest BCUT2D eigenvalue weighted by Gasteiger charge is 2.18. The van der Waals surface area contributed by atoms with Crippen LogP contribution in [0.1, 0.15) is 46.1 Å². The van der Waals surface area contributed by atoms with Crippen molar-refractivity contribution in [3.8, 4) is 5.75 Å². The number of oxazole rings is 1. The van der Waals surface area contributed by atoms with Gasteiger partial charge in [0.05, 0.1) is 5.69 Å². The summed E-state index contributed by atoms with van der Waals surface area (Å²) in [5.41, 5.74) is 2.14. The van der Waals surface area contributed by atoms with Crippen LogP contribution in [0.15, 0.2) is 46.9 Å². The Balaban J connectivity index is 0.00000136. The summed E-state index contributed by atoms with van der Waals surface area (Å²) in [5.74, 6) is 1.04. The van der Waals surface area contributed by atoms with E-state index in [-0.39, 0.29) is 0 Å². The molecule has 6 nitrogen and oxygen atoms in total. The van der Waals surface area contributed by atoms with Crippen molar-refractivity contribution in [2.75, 3.05) is 5.32 Å². The van der Waals surface area contributed by atoms with Gasteiger partial charge in [-0.25, -0.2) is 9.78 Å². The van der Waals surface area contributed by atoms with Crippen LogP contribution in [-0.4, -0.2) is 16.7 Å². The molecule has 0 spiro atoms. The summed E-state index contributed by atoms with van der Waals surface area (Å²) in [6.45, 7) is 11.6. The number of ether oxygens (including phenoxy) is 2. The third-order valence-corrected chi connectivity index (χ3v) is 3.45. The maximum atomic E-state index is 12.0. The molecule has 2 aromatic carbocycles. The van der Waals surface area contributed by atoms with Crippen LogP contribution in [0, 0.1) is 6.92 Å². The molecule has 1 heterocycles. The molecule has 0 fully saturated rings. The van der Waals surface area contributed by atoms with Crippen molar-refractivity contribution in [2.45, 2.75) is 53.8 Å². The molecule has 1 aromatic heterocycles. The summed E-state index contributed by atoms with van der Waals surface area (Å²) in [6.07, 6.45) is -0.536. The summed E-state index contributed by atoms with van der Waals surface area (Å²) < 4.78 is 16.9. The van der Waals surface area contributed by atoms with Crippen molar-refractivity contribution in [3.05, 3.63) is 53.9 Å². The van der Waals surface area contributed by atoms with Gasteiger partial charge in [0.1, 0.15) is 17.7 Å². The number of carbonyl (C=O) groups excluding carboxylic acids is 1. The zero-order chi connectivity index (χ0) is 20.7. The summed E-state index contributed by atoms with van der Waals surface area (Å²) in [5, 5.41) is 2.72. The second-order valence-corrected chi connectivity index (χ2v) is 6.96. The molecule has 0 saturated heterocycles. The van der Waals surface area contributed by atoms with Gasteiger partial charge in [0.25, 0.3) is 0 Å². The lowest BCUT2D eigenvalue weighted by Crippen LogP contribution is -2.27. The van der Waals surface area contributed by atoms with Crippen LogP contribution >= 0.6 is 0 Å². The molecule has 0 aliphatic rings. The lowest BCUT2D eigenvalue weighted by Gasteiger charge is -2.19. The van der Waals surface area contributed by atoms with E-state index in [1.165, 1.54) is 0 Å². The van der Waals surface area contributed by atoms with Crippen molar-refractivity contribution in [1.29, 1.82) is 0 Å². The third kappa shape index (κ3) is 6.01. The zero-order valence-corrected chi connectivity index (χ0v) is 17.3. The van der Waals surface area contributed by atoms with E-state index in [1.54, 1.807) is 19.1 Å². The molecule has 0 atom stereocenters. The van der Waals surface area contributed by atoms with Gasteiger partial charge < -0.3 is 13.9 Å². The Hall–Kier alpha value is -3.02. The molecule has 0 unspecified atom stereocenters. The molecule has 3 rings (SSSR count). The van der Waals surface area contributed by atoms with Crippen LogP contribution in [-0.2, 0) is 11.3 Å². The van der Waals surface area contributed by atoms with E-state index in [0.29, 0.717) is 35.0 Å². The molecule has 0 radical (unpaired) electrons. The summed E-state index contributed by atoms with van der Waals surface area (Å²) >= 11 is 0. The van der Waals surface area contributed by atoms with Gasteiger partial charge in [0, 0.05) is 13.0 Å². The van der Waals surface area contributed by atoms with Crippen molar-refractivity contribution >= 4 is 22.9 Å². The van der Waals surface area contributed by atoms with Crippen molar-refractivity contribution in [1.82, 2.24) is 4.98 Å². The third-order valence-electron chi connectivity index (χ3n) is 3.45. The predicted molar refractivity (Wildman–Crippen MR) is 111 cm³/mol. The fourth-order valence-electron chi connectivity index (χ4n) is 2.45. The monoisotopic (exact) mass is 384 g/mol. The fraction of sp³-hybridized carbons (Fsp3) is 0.364. The number of hydrogen-bond donors (Lipinski definition) is 1. The molecule has 0 aliphatic heterocycles. The first kappa shape index (κ1) is 21.3. The number of anilines is 1. The van der Waals surface area contributed by atoms with Gasteiger partial charge in [-0.2, -0.15) is 0 Å². The molecule has 6 heteroatoms. The van der Waals surface area contributed by atoms with Gasteiger partial charge >= 0.3 is 6.09 Å². The SMILES string of the molecule is CC.Cc1nc2cc(NC(=O)OC(C)(C)C)cc(OCc3ccccc3)c2o1. The van der Waals surface area contributed by atoms with E-state index >= 15 is 0 Å². The van der Waals surface area contributed by atoms with Gasteiger partial charge in [0.2, 0.25) is 0 Å². The molecule has 1 N–H and O–H groups in total. The summed E-state index contributed by atoms with van der Waals surface area (Å²) in [6, 6.07) is 13.2. The lowest BCUT2D eigenvalue weighted by atomic mass is 10.2. The van der Waals surface area contributed by atoms with E-state index in [4.69, 9.17) is 13.9 Å². The Morgan fingerprint density at radius 2 is 1.82 bits per heavy atom. The number of carbonyl (C=O) groups is 1. The quantitative estimate of drug-likeness (QED) is 0.589. The maximum absolute atomic E-state index is 12.0. The molecule has 0 aliphatic carbocycles. The Kier molecular flexibility index (Phi) is 7.04. The zero-order valence-electron chi connectivity index (χ0n) is 17.3. The average Bonchev–Trinajstić information content (AvgIpc) is 3.01. The lowest BCUT2D eigenvalue weighted by molar-refractivity contribution is 0.0636. The van der Waals surface area contributed by atoms with E-state index in [9.17, 15) is 4.79 Å². The fourth-order valence-corrected chi connectivity index (χ4v) is 2.45. The van der Waals surface area contributed by atoms with Crippen LogP contribution in [0.3, 0.4) is 0 Å². The first-order valence-electron chi connectivity index (χ1n) is 9.38. The maximum Gasteiger partial charge on any atom is 0.412 e. The van der Waals surface area contributed by atoms with E-state index in [0.717, 1.165) is 5.56 Å². The second-order valence-electron chi connectivity index (χ2n) is 6.96. The molecular weight excluding hydrogens is 356 g/mol. The predicted octanol–water partition coefficient (Wildman–Crippen LogP) is 6.09. The standard InChI is InChI=1S/C20H22N2O4.C2H6/c1-13-21-16-10-15(22-19(23)26-20(2,3)4)11-17(18(16)25-13)24-12-14-8-6-5-7-9-14;1-2/h5-11H,12H2,1-4H3,(H,22,23);1-2H3. The highest BCUT2D eigenvalue weighted by Crippen LogP contribution is 2.31. The minimum absolute atomic E-state index is 0.381. The number of hydrogen-bond acceptors (Lipinski definition) is 5. The van der Waals surface area contributed by atoms with E-state index in [2.05, 4.69) is 10.3 Å². The number of rotatable bonds is 4. The highest BCUT2D eigenvalue weighted by atomic mass is 16.6. The Morgan fingerprint density at radius 3 is 2.46 bits per heavy atom. The van der Waals surface area contributed by atoms with Crippen molar-refractivity contribution in [3.63, 3.8) is 0 Å². The molecule has 0 bridgehead atoms. The molecule has 3 aromatic rings. The van der Waals surface area contributed by atoms with Gasteiger partial charge in [-0.3, -0.25) is 5.32 Å². The molecular formula is C22H28N2O4. The molecule has 0 saturated carbocycles. The summed E-state index contributed by atoms with van der Waals surface area (Å²) in [4.78, 5) is 16.4. The van der Waals surface area contributed by atoms with Crippen LogP contribution in [0.5, 0.6) is 5.75 Å². The molecule has 1 amide bonds. The number of fused-ring (bicyclic) bond motifs is 1. The van der Waals surface area contributed by atoms with E-state index < -0.39 is 11.7 Å². The van der Waals surface area contributed by atoms with Crippen LogP contribution in [0.4, 0.5) is 10.5 Å².